The molecule has 1 heterocycles. The van der Waals surface area contributed by atoms with Crippen molar-refractivity contribution in [2.45, 2.75) is 45.7 Å². The van der Waals surface area contributed by atoms with Crippen LogP contribution in [0.15, 0.2) is 29.3 Å². The monoisotopic (exact) mass is 320 g/mol. The van der Waals surface area contributed by atoms with E-state index in [1.54, 1.807) is 6.07 Å². The molecule has 0 spiro atoms. The highest BCUT2D eigenvalue weighted by Crippen LogP contribution is 2.13. The molecule has 1 unspecified atom stereocenters. The Morgan fingerprint density at radius 3 is 2.70 bits per heavy atom. The van der Waals surface area contributed by atoms with Crippen LogP contribution in [0.3, 0.4) is 0 Å². The summed E-state index contributed by atoms with van der Waals surface area (Å²) in [5.41, 5.74) is 0.883. The van der Waals surface area contributed by atoms with Crippen LogP contribution in [0.5, 0.6) is 0 Å². The van der Waals surface area contributed by atoms with Crippen LogP contribution in [0.2, 0.25) is 0 Å². The van der Waals surface area contributed by atoms with Crippen LogP contribution < -0.4 is 10.6 Å². The highest BCUT2D eigenvalue weighted by Gasteiger charge is 2.20. The van der Waals surface area contributed by atoms with Gasteiger partial charge in [-0.1, -0.05) is 19.1 Å². The molecule has 1 fully saturated rings. The van der Waals surface area contributed by atoms with Crippen LogP contribution in [0.25, 0.3) is 0 Å². The molecule has 0 saturated carbocycles. The molecule has 1 aromatic rings. The van der Waals surface area contributed by atoms with Crippen molar-refractivity contribution in [1.82, 2.24) is 15.5 Å². The summed E-state index contributed by atoms with van der Waals surface area (Å²) < 4.78 is 13.2. The first-order valence-corrected chi connectivity index (χ1v) is 8.73. The molecule has 2 rings (SSSR count). The summed E-state index contributed by atoms with van der Waals surface area (Å²) in [5.74, 6) is 0.588. The van der Waals surface area contributed by atoms with Crippen LogP contribution in [-0.4, -0.2) is 43.1 Å². The highest BCUT2D eigenvalue weighted by molar-refractivity contribution is 5.79. The maximum Gasteiger partial charge on any atom is 0.191 e. The molecule has 0 aliphatic carbocycles. The number of guanidine groups is 1. The lowest BCUT2D eigenvalue weighted by Gasteiger charge is -2.27. The molecule has 4 nitrogen and oxygen atoms in total. The first-order valence-electron chi connectivity index (χ1n) is 8.73. The van der Waals surface area contributed by atoms with Crippen LogP contribution in [0.1, 0.15) is 38.7 Å². The van der Waals surface area contributed by atoms with E-state index >= 15 is 0 Å². The molecule has 1 atom stereocenters. The van der Waals surface area contributed by atoms with Gasteiger partial charge in [0.1, 0.15) is 5.82 Å². The smallest absolute Gasteiger partial charge is 0.191 e. The number of rotatable bonds is 7. The maximum atomic E-state index is 13.2. The molecular weight excluding hydrogens is 291 g/mol. The van der Waals surface area contributed by atoms with Crippen molar-refractivity contribution >= 4 is 5.96 Å². The quantitative estimate of drug-likeness (QED) is 0.599. The molecule has 1 aliphatic rings. The Labute approximate surface area is 139 Å². The number of hydrogen-bond acceptors (Lipinski definition) is 2. The number of nitrogens with zero attached hydrogens (tertiary/aromatic N) is 2. The topological polar surface area (TPSA) is 39.7 Å². The first kappa shape index (κ1) is 17.7. The fourth-order valence-electron chi connectivity index (χ4n) is 3.00. The Bertz CT molecular complexity index is 498. The lowest BCUT2D eigenvalue weighted by atomic mass is 10.2. The van der Waals surface area contributed by atoms with E-state index < -0.39 is 0 Å². The molecule has 0 radical (unpaired) electrons. The van der Waals surface area contributed by atoms with Gasteiger partial charge in [-0.25, -0.2) is 9.38 Å². The standard InChI is InChI=1S/C18H29FN4/c1-3-17(23-10-5-6-11-23)14-22-18(20-4-2)21-13-15-8-7-9-16(19)12-15/h7-9,12,17H,3-6,10-11,13-14H2,1-2H3,(H2,20,21,22). The molecule has 5 heteroatoms. The van der Waals surface area contributed by atoms with Crippen molar-refractivity contribution in [1.29, 1.82) is 0 Å². The first-order chi connectivity index (χ1) is 11.2. The van der Waals surface area contributed by atoms with Crippen molar-refractivity contribution < 1.29 is 4.39 Å². The number of nitrogens with one attached hydrogen (secondary N) is 2. The number of halogens is 1. The van der Waals surface area contributed by atoms with Crippen LogP contribution in [-0.2, 0) is 6.54 Å². The second kappa shape index (κ2) is 9.50. The highest BCUT2D eigenvalue weighted by atomic mass is 19.1. The van der Waals surface area contributed by atoms with Gasteiger partial charge in [-0.2, -0.15) is 0 Å². The van der Waals surface area contributed by atoms with Crippen LogP contribution in [0, 0.1) is 5.82 Å². The number of likely N-dealkylation sites (tertiary alicyclic amines) is 1. The van der Waals surface area contributed by atoms with Crippen molar-refractivity contribution in [3.05, 3.63) is 35.6 Å². The van der Waals surface area contributed by atoms with Crippen LogP contribution >= 0.6 is 0 Å². The average Bonchev–Trinajstić information content (AvgIpc) is 3.07. The van der Waals surface area contributed by atoms with Crippen molar-refractivity contribution in [3.63, 3.8) is 0 Å². The Balaban J connectivity index is 1.90. The lowest BCUT2D eigenvalue weighted by Crippen LogP contribution is -2.46. The minimum atomic E-state index is -0.212. The van der Waals surface area contributed by atoms with Gasteiger partial charge in [0.05, 0.1) is 6.54 Å². The summed E-state index contributed by atoms with van der Waals surface area (Å²) in [4.78, 5) is 7.13. The van der Waals surface area contributed by atoms with E-state index in [1.807, 2.05) is 6.07 Å². The predicted octanol–water partition coefficient (Wildman–Crippen LogP) is 2.76. The lowest BCUT2D eigenvalue weighted by molar-refractivity contribution is 0.236. The van der Waals surface area contributed by atoms with E-state index in [-0.39, 0.29) is 5.82 Å². The second-order valence-electron chi connectivity index (χ2n) is 6.01. The van der Waals surface area contributed by atoms with E-state index in [1.165, 1.54) is 38.1 Å². The Morgan fingerprint density at radius 2 is 2.04 bits per heavy atom. The molecule has 128 valence electrons. The predicted molar refractivity (Wildman–Crippen MR) is 94.1 cm³/mol. The summed E-state index contributed by atoms with van der Waals surface area (Å²) in [7, 11) is 0. The summed E-state index contributed by atoms with van der Waals surface area (Å²) in [6.07, 6.45) is 3.75. The molecule has 23 heavy (non-hydrogen) atoms. The number of hydrogen-bond donors (Lipinski definition) is 2. The van der Waals surface area contributed by atoms with Crippen molar-refractivity contribution in [3.8, 4) is 0 Å². The minimum absolute atomic E-state index is 0.212. The molecule has 1 saturated heterocycles. The van der Waals surface area contributed by atoms with Gasteiger partial charge in [0.15, 0.2) is 5.96 Å². The van der Waals surface area contributed by atoms with Crippen molar-refractivity contribution in [2.24, 2.45) is 4.99 Å². The van der Waals surface area contributed by atoms with Gasteiger partial charge in [0.2, 0.25) is 0 Å². The summed E-state index contributed by atoms with van der Waals surface area (Å²) in [5, 5.41) is 6.70. The molecule has 0 bridgehead atoms. The normalized spacial score (nSPS) is 17.3. The van der Waals surface area contributed by atoms with E-state index in [9.17, 15) is 4.39 Å². The van der Waals surface area contributed by atoms with Gasteiger partial charge >= 0.3 is 0 Å². The minimum Gasteiger partial charge on any atom is -0.357 e. The fraction of sp³-hybridized carbons (Fsp3) is 0.611. The SMILES string of the molecule is CCNC(=NCc1cccc(F)c1)NCC(CC)N1CCCC1. The zero-order chi connectivity index (χ0) is 16.5. The third-order valence-electron chi connectivity index (χ3n) is 4.29. The third kappa shape index (κ3) is 5.82. The fourth-order valence-corrected chi connectivity index (χ4v) is 3.00. The Morgan fingerprint density at radius 1 is 1.26 bits per heavy atom. The number of aliphatic imine (C=N–C) groups is 1. The third-order valence-corrected chi connectivity index (χ3v) is 4.29. The molecule has 0 amide bonds. The summed E-state index contributed by atoms with van der Waals surface area (Å²) in [6, 6.07) is 7.16. The molecule has 1 aromatic carbocycles. The molecular formula is C18H29FN4. The van der Waals surface area contributed by atoms with E-state index in [4.69, 9.17) is 0 Å². The molecule has 0 aromatic heterocycles. The van der Waals surface area contributed by atoms with Gasteiger partial charge in [-0.05, 0) is 57.0 Å². The summed E-state index contributed by atoms with van der Waals surface area (Å²) in [6.45, 7) is 8.89. The van der Waals surface area contributed by atoms with Gasteiger partial charge in [-0.15, -0.1) is 0 Å². The zero-order valence-electron chi connectivity index (χ0n) is 14.3. The molecule has 1 aliphatic heterocycles. The van der Waals surface area contributed by atoms with Gasteiger partial charge in [0, 0.05) is 19.1 Å². The van der Waals surface area contributed by atoms with Crippen LogP contribution in [0.4, 0.5) is 4.39 Å². The van der Waals surface area contributed by atoms with Gasteiger partial charge < -0.3 is 10.6 Å². The number of benzene rings is 1. The molecule has 2 N–H and O–H groups in total. The van der Waals surface area contributed by atoms with Crippen molar-refractivity contribution in [2.75, 3.05) is 26.2 Å². The Hall–Kier alpha value is -1.62. The summed E-state index contributed by atoms with van der Waals surface area (Å²) >= 11 is 0. The van der Waals surface area contributed by atoms with E-state index in [0.717, 1.165) is 31.0 Å². The average molecular weight is 320 g/mol. The zero-order valence-corrected chi connectivity index (χ0v) is 14.3. The maximum absolute atomic E-state index is 13.2. The van der Waals surface area contributed by atoms with E-state index in [0.29, 0.717) is 12.6 Å². The van der Waals surface area contributed by atoms with E-state index in [2.05, 4.69) is 34.4 Å². The largest absolute Gasteiger partial charge is 0.357 e. The van der Waals surface area contributed by atoms with Gasteiger partial charge in [-0.3, -0.25) is 4.90 Å². The Kier molecular flexibility index (Phi) is 7.33. The second-order valence-corrected chi connectivity index (χ2v) is 6.01. The van der Waals surface area contributed by atoms with Gasteiger partial charge in [0.25, 0.3) is 0 Å².